The fraction of sp³-hybridized carbons (Fsp3) is 0.688. The number of carbonyl (C=O) groups excluding carboxylic acids is 4. The molecule has 4 amide bonds. The van der Waals surface area contributed by atoms with Gasteiger partial charge in [0.05, 0.1) is 25.2 Å². The van der Waals surface area contributed by atoms with Gasteiger partial charge in [-0.3, -0.25) is 14.5 Å². The summed E-state index contributed by atoms with van der Waals surface area (Å²) >= 11 is 0. The fourth-order valence-electron chi connectivity index (χ4n) is 6.75. The molecular weight excluding hydrogens is 571 g/mol. The lowest BCUT2D eigenvalue weighted by Gasteiger charge is -2.30. The van der Waals surface area contributed by atoms with Gasteiger partial charge >= 0.3 is 12.2 Å². The van der Waals surface area contributed by atoms with Crippen LogP contribution in [-0.4, -0.2) is 81.4 Å². The Labute approximate surface area is 257 Å². The molecular formula is C32H45FN4O7. The van der Waals surface area contributed by atoms with Crippen LogP contribution in [-0.2, 0) is 32.2 Å². The number of alkyl carbamates (subject to hydrolysis) is 1. The number of hydrogen-bond acceptors (Lipinski definition) is 7. The predicted octanol–water partition coefficient (Wildman–Crippen LogP) is 3.75. The maximum Gasteiger partial charge on any atom is 0.410 e. The topological polar surface area (TPSA) is 138 Å². The summed E-state index contributed by atoms with van der Waals surface area (Å²) in [7, 11) is 0. The van der Waals surface area contributed by atoms with Crippen LogP contribution in [0.2, 0.25) is 0 Å². The number of nitrogens with one attached hydrogen (secondary N) is 2. The van der Waals surface area contributed by atoms with Gasteiger partial charge in [-0.1, -0.05) is 44.2 Å². The van der Waals surface area contributed by atoms with Crippen molar-refractivity contribution < 1.29 is 38.1 Å². The number of benzene rings is 1. The average molecular weight is 617 g/mol. The molecule has 3 N–H and O–H groups in total. The normalized spacial score (nSPS) is 29.4. The standard InChI is InChI=1S/C32H45FN4O7/c1-31(2,3)44-29(41)34-25-13-8-6-4-5-7-11-21-15-32(21,19-38)35-27(39)26-14-22(17-37(26)28(25)40)43-30(42)36-16-20-10-9-12-24(33)23(20)18-36/h9-10,12,21-22,25-26,38H,4-8,11,13-19H2,1-3H3,(H,34,41)(H,35,39)/t21-,22-,25+,26?,32+/m1/s1. The molecule has 5 atom stereocenters. The third-order valence-corrected chi connectivity index (χ3v) is 9.22. The second-order valence-corrected chi connectivity index (χ2v) is 13.7. The first-order valence-corrected chi connectivity index (χ1v) is 15.8. The van der Waals surface area contributed by atoms with Gasteiger partial charge in [0.1, 0.15) is 29.6 Å². The summed E-state index contributed by atoms with van der Waals surface area (Å²) < 4.78 is 25.5. The lowest BCUT2D eigenvalue weighted by Crippen LogP contribution is -2.56. The summed E-state index contributed by atoms with van der Waals surface area (Å²) in [6, 6.07) is 2.82. The van der Waals surface area contributed by atoms with Crippen LogP contribution in [0.15, 0.2) is 18.2 Å². The van der Waals surface area contributed by atoms with Crippen LogP contribution in [0.25, 0.3) is 0 Å². The van der Waals surface area contributed by atoms with Gasteiger partial charge in [0.2, 0.25) is 11.8 Å². The van der Waals surface area contributed by atoms with E-state index in [4.69, 9.17) is 9.47 Å². The second-order valence-electron chi connectivity index (χ2n) is 13.7. The van der Waals surface area contributed by atoms with Gasteiger partial charge in [-0.05, 0) is 57.6 Å². The zero-order valence-corrected chi connectivity index (χ0v) is 25.9. The predicted molar refractivity (Wildman–Crippen MR) is 158 cm³/mol. The van der Waals surface area contributed by atoms with Gasteiger partial charge in [-0.15, -0.1) is 0 Å². The Morgan fingerprint density at radius 2 is 1.84 bits per heavy atom. The fourth-order valence-corrected chi connectivity index (χ4v) is 6.75. The Hall–Kier alpha value is -3.41. The highest BCUT2D eigenvalue weighted by atomic mass is 19.1. The molecule has 1 unspecified atom stereocenters. The maximum atomic E-state index is 14.3. The lowest BCUT2D eigenvalue weighted by atomic mass is 10.0. The third-order valence-electron chi connectivity index (χ3n) is 9.22. The molecule has 44 heavy (non-hydrogen) atoms. The quantitative estimate of drug-likeness (QED) is 0.471. The average Bonchev–Trinajstić information content (AvgIpc) is 3.26. The number of aliphatic hydroxyl groups excluding tert-OH is 1. The molecule has 3 aliphatic heterocycles. The van der Waals surface area contributed by atoms with Crippen molar-refractivity contribution in [3.8, 4) is 0 Å². The molecule has 3 fully saturated rings. The molecule has 1 aliphatic carbocycles. The summed E-state index contributed by atoms with van der Waals surface area (Å²) in [6.45, 7) is 5.24. The summed E-state index contributed by atoms with van der Waals surface area (Å²) in [5, 5.41) is 16.0. The zero-order chi connectivity index (χ0) is 31.6. The Kier molecular flexibility index (Phi) is 9.38. The van der Waals surface area contributed by atoms with E-state index in [1.54, 1.807) is 32.9 Å². The van der Waals surface area contributed by atoms with Crippen molar-refractivity contribution in [1.29, 1.82) is 0 Å². The Morgan fingerprint density at radius 1 is 1.11 bits per heavy atom. The van der Waals surface area contributed by atoms with Gasteiger partial charge in [0, 0.05) is 18.5 Å². The first-order chi connectivity index (χ1) is 20.9. The van der Waals surface area contributed by atoms with E-state index in [1.807, 2.05) is 0 Å². The molecule has 0 spiro atoms. The van der Waals surface area contributed by atoms with Crippen molar-refractivity contribution in [2.24, 2.45) is 5.92 Å². The smallest absolute Gasteiger partial charge is 0.410 e. The van der Waals surface area contributed by atoms with Crippen LogP contribution in [0, 0.1) is 11.7 Å². The van der Waals surface area contributed by atoms with Crippen LogP contribution >= 0.6 is 0 Å². The molecule has 12 heteroatoms. The van der Waals surface area contributed by atoms with Gasteiger partial charge in [0.25, 0.3) is 0 Å². The first-order valence-electron chi connectivity index (χ1n) is 15.8. The number of rotatable bonds is 3. The van der Waals surface area contributed by atoms with E-state index >= 15 is 0 Å². The van der Waals surface area contributed by atoms with Crippen LogP contribution in [0.1, 0.15) is 89.7 Å². The van der Waals surface area contributed by atoms with Crippen molar-refractivity contribution in [1.82, 2.24) is 20.4 Å². The first kappa shape index (κ1) is 32.0. The van der Waals surface area contributed by atoms with Gasteiger partial charge in [-0.2, -0.15) is 0 Å². The van der Waals surface area contributed by atoms with Crippen molar-refractivity contribution in [3.05, 3.63) is 35.1 Å². The van der Waals surface area contributed by atoms with Crippen molar-refractivity contribution in [2.75, 3.05) is 13.2 Å². The Morgan fingerprint density at radius 3 is 2.55 bits per heavy atom. The SMILES string of the molecule is CC(C)(C)OC(=O)N[C@H]1CCCCCCC[C@@H]2C[C@@]2(CO)NC(=O)C2C[C@@H](OC(=O)N3Cc4cccc(F)c4C3)CN2C1=O. The number of amides is 4. The van der Waals surface area contributed by atoms with E-state index in [1.165, 1.54) is 15.9 Å². The Bertz CT molecular complexity index is 1270. The monoisotopic (exact) mass is 616 g/mol. The second kappa shape index (κ2) is 12.9. The van der Waals surface area contributed by atoms with E-state index in [2.05, 4.69) is 10.6 Å². The highest BCUT2D eigenvalue weighted by Crippen LogP contribution is 2.47. The Balaban J connectivity index is 1.34. The summed E-state index contributed by atoms with van der Waals surface area (Å²) in [6.07, 6.45) is 4.39. The van der Waals surface area contributed by atoms with E-state index in [0.717, 1.165) is 32.1 Å². The number of halogens is 1. The largest absolute Gasteiger partial charge is 0.444 e. The van der Waals surface area contributed by atoms with Crippen molar-refractivity contribution in [2.45, 2.75) is 121 Å². The van der Waals surface area contributed by atoms with E-state index < -0.39 is 53.3 Å². The molecule has 0 bridgehead atoms. The van der Waals surface area contributed by atoms with Crippen LogP contribution < -0.4 is 10.6 Å². The molecule has 3 heterocycles. The van der Waals surface area contributed by atoms with Gasteiger partial charge < -0.3 is 30.1 Å². The molecule has 11 nitrogen and oxygen atoms in total. The molecule has 242 valence electrons. The van der Waals surface area contributed by atoms with Crippen molar-refractivity contribution in [3.63, 3.8) is 0 Å². The number of hydrogen-bond donors (Lipinski definition) is 3. The summed E-state index contributed by atoms with van der Waals surface area (Å²) in [4.78, 5) is 56.5. The number of aliphatic hydroxyl groups is 1. The van der Waals surface area contributed by atoms with Crippen LogP contribution in [0.4, 0.5) is 14.0 Å². The van der Waals surface area contributed by atoms with E-state index in [-0.39, 0.29) is 44.4 Å². The number of nitrogens with zero attached hydrogens (tertiary/aromatic N) is 2. The number of ether oxygens (including phenoxy) is 2. The molecule has 4 aliphatic rings. The highest BCUT2D eigenvalue weighted by Gasteiger charge is 2.56. The molecule has 5 rings (SSSR count). The highest BCUT2D eigenvalue weighted by molar-refractivity contribution is 5.92. The van der Waals surface area contributed by atoms with Crippen molar-refractivity contribution >= 4 is 24.0 Å². The van der Waals surface area contributed by atoms with Crippen LogP contribution in [0.3, 0.4) is 0 Å². The summed E-state index contributed by atoms with van der Waals surface area (Å²) in [5.74, 6) is -1.09. The zero-order valence-electron chi connectivity index (χ0n) is 25.9. The van der Waals surface area contributed by atoms with Gasteiger partial charge in [0.15, 0.2) is 0 Å². The molecule has 2 saturated heterocycles. The minimum absolute atomic E-state index is 0.0418. The minimum Gasteiger partial charge on any atom is -0.444 e. The molecule has 0 radical (unpaired) electrons. The third kappa shape index (κ3) is 7.27. The van der Waals surface area contributed by atoms with E-state index in [0.29, 0.717) is 30.4 Å². The van der Waals surface area contributed by atoms with Crippen LogP contribution in [0.5, 0.6) is 0 Å². The van der Waals surface area contributed by atoms with Gasteiger partial charge in [-0.25, -0.2) is 14.0 Å². The number of carbonyl (C=O) groups is 4. The molecule has 1 saturated carbocycles. The minimum atomic E-state index is -0.966. The molecule has 0 aromatic heterocycles. The number of fused-ring (bicyclic) bond motifs is 3. The molecule has 1 aromatic rings. The summed E-state index contributed by atoms with van der Waals surface area (Å²) in [5.41, 5.74) is -0.331. The van der Waals surface area contributed by atoms with E-state index in [9.17, 15) is 28.7 Å². The lowest BCUT2D eigenvalue weighted by molar-refractivity contribution is -0.140. The molecule has 1 aromatic carbocycles. The maximum absolute atomic E-state index is 14.3.